The quantitative estimate of drug-likeness (QED) is 0.711. The second-order valence-electron chi connectivity index (χ2n) is 7.52. The first-order valence-corrected chi connectivity index (χ1v) is 7.87. The zero-order valence-electron chi connectivity index (χ0n) is 13.8. The number of nitrogens with zero attached hydrogens (tertiary/aromatic N) is 1. The minimum atomic E-state index is -2.49. The molecule has 1 aromatic carbocycles. The average Bonchev–Trinajstić information content (AvgIpc) is 2.37. The summed E-state index contributed by atoms with van der Waals surface area (Å²) in [5.41, 5.74) is 3.74. The van der Waals surface area contributed by atoms with E-state index in [2.05, 4.69) is 57.7 Å². The summed E-state index contributed by atoms with van der Waals surface area (Å²) >= 11 is 0. The third-order valence-corrected chi connectivity index (χ3v) is 4.35. The number of benzene rings is 1. The number of alkyl halides is 2. The molecular weight excluding hydrogens is 268 g/mol. The Kier molecular flexibility index (Phi) is 4.32. The third kappa shape index (κ3) is 3.75. The summed E-state index contributed by atoms with van der Waals surface area (Å²) in [6.07, 6.45) is -0.0748. The minimum absolute atomic E-state index is 0.0374. The molecule has 1 saturated heterocycles. The van der Waals surface area contributed by atoms with Crippen molar-refractivity contribution in [2.45, 2.75) is 64.7 Å². The lowest BCUT2D eigenvalue weighted by molar-refractivity contribution is -0.0220. The number of hydrogen-bond donors (Lipinski definition) is 0. The molecule has 0 atom stereocenters. The second-order valence-corrected chi connectivity index (χ2v) is 7.52. The van der Waals surface area contributed by atoms with Gasteiger partial charge in [0, 0.05) is 31.6 Å². The van der Waals surface area contributed by atoms with Crippen molar-refractivity contribution < 1.29 is 8.78 Å². The molecular formula is C18H27F2N. The van der Waals surface area contributed by atoms with E-state index in [4.69, 9.17) is 0 Å². The van der Waals surface area contributed by atoms with Gasteiger partial charge in [-0.15, -0.1) is 0 Å². The zero-order chi connectivity index (χ0) is 15.8. The van der Waals surface area contributed by atoms with Crippen molar-refractivity contribution in [3.05, 3.63) is 29.3 Å². The lowest BCUT2D eigenvalue weighted by atomic mass is 9.84. The second kappa shape index (κ2) is 5.58. The smallest absolute Gasteiger partial charge is 0.251 e. The summed E-state index contributed by atoms with van der Waals surface area (Å²) in [4.78, 5) is 2.14. The number of rotatable bonds is 2. The standard InChI is InChI=1S/C18H27F2N/c1-13(2)15-7-6-14(17(3,4)5)12-16(15)21-10-8-18(19,20)9-11-21/h6-7,12-13H,8-11H2,1-5H3. The Morgan fingerprint density at radius 1 is 1.10 bits per heavy atom. The summed E-state index contributed by atoms with van der Waals surface area (Å²) in [6, 6.07) is 6.56. The lowest BCUT2D eigenvalue weighted by Crippen LogP contribution is -2.40. The highest BCUT2D eigenvalue weighted by atomic mass is 19.3. The lowest BCUT2D eigenvalue weighted by Gasteiger charge is -2.36. The topological polar surface area (TPSA) is 3.24 Å². The Bertz CT molecular complexity index is 490. The molecule has 1 aliphatic heterocycles. The molecule has 0 radical (unpaired) electrons. The molecule has 0 saturated carbocycles. The van der Waals surface area contributed by atoms with Crippen LogP contribution in [0, 0.1) is 0 Å². The van der Waals surface area contributed by atoms with Gasteiger partial charge in [-0.05, 0) is 28.5 Å². The van der Waals surface area contributed by atoms with Gasteiger partial charge in [-0.1, -0.05) is 46.8 Å². The number of piperidine rings is 1. The largest absolute Gasteiger partial charge is 0.371 e. The first-order valence-electron chi connectivity index (χ1n) is 7.87. The van der Waals surface area contributed by atoms with E-state index in [0.29, 0.717) is 19.0 Å². The van der Waals surface area contributed by atoms with Crippen molar-refractivity contribution in [2.75, 3.05) is 18.0 Å². The molecule has 0 aliphatic carbocycles. The van der Waals surface area contributed by atoms with Gasteiger partial charge in [-0.2, -0.15) is 0 Å². The van der Waals surface area contributed by atoms with Crippen LogP contribution in [0.25, 0.3) is 0 Å². The van der Waals surface area contributed by atoms with E-state index in [0.717, 1.165) is 5.69 Å². The fourth-order valence-corrected chi connectivity index (χ4v) is 2.85. The van der Waals surface area contributed by atoms with E-state index in [1.165, 1.54) is 11.1 Å². The molecule has 0 unspecified atom stereocenters. The molecule has 0 aromatic heterocycles. The number of anilines is 1. The molecule has 1 aromatic rings. The summed E-state index contributed by atoms with van der Waals surface area (Å²) in [7, 11) is 0. The van der Waals surface area contributed by atoms with Gasteiger partial charge >= 0.3 is 0 Å². The molecule has 0 amide bonds. The molecule has 1 aliphatic rings. The van der Waals surface area contributed by atoms with E-state index in [-0.39, 0.29) is 18.3 Å². The van der Waals surface area contributed by atoms with Crippen molar-refractivity contribution in [1.82, 2.24) is 0 Å². The van der Waals surface area contributed by atoms with Gasteiger partial charge in [0.15, 0.2) is 0 Å². The van der Waals surface area contributed by atoms with E-state index in [1.54, 1.807) is 0 Å². The van der Waals surface area contributed by atoms with Crippen molar-refractivity contribution in [3.8, 4) is 0 Å². The van der Waals surface area contributed by atoms with Crippen molar-refractivity contribution in [3.63, 3.8) is 0 Å². The summed E-state index contributed by atoms with van der Waals surface area (Å²) in [5.74, 6) is -2.09. The van der Waals surface area contributed by atoms with E-state index in [1.807, 2.05) is 0 Å². The molecule has 0 N–H and O–H groups in total. The van der Waals surface area contributed by atoms with Gasteiger partial charge in [0.2, 0.25) is 0 Å². The van der Waals surface area contributed by atoms with Crippen LogP contribution < -0.4 is 4.90 Å². The number of hydrogen-bond acceptors (Lipinski definition) is 1. The first kappa shape index (κ1) is 16.3. The Morgan fingerprint density at radius 3 is 2.14 bits per heavy atom. The molecule has 1 nitrogen and oxygen atoms in total. The van der Waals surface area contributed by atoms with Crippen LogP contribution in [0.15, 0.2) is 18.2 Å². The monoisotopic (exact) mass is 295 g/mol. The Hall–Kier alpha value is -1.12. The highest BCUT2D eigenvalue weighted by Gasteiger charge is 2.34. The zero-order valence-corrected chi connectivity index (χ0v) is 13.8. The average molecular weight is 295 g/mol. The molecule has 1 heterocycles. The van der Waals surface area contributed by atoms with Crippen LogP contribution >= 0.6 is 0 Å². The molecule has 21 heavy (non-hydrogen) atoms. The maximum Gasteiger partial charge on any atom is 0.251 e. The first-order chi connectivity index (χ1) is 9.60. The van der Waals surface area contributed by atoms with Crippen molar-refractivity contribution in [2.24, 2.45) is 0 Å². The maximum absolute atomic E-state index is 13.4. The molecule has 0 bridgehead atoms. The van der Waals surface area contributed by atoms with Crippen LogP contribution in [-0.4, -0.2) is 19.0 Å². The maximum atomic E-state index is 13.4. The summed E-state index contributed by atoms with van der Waals surface area (Å²) in [6.45, 7) is 11.8. The minimum Gasteiger partial charge on any atom is -0.371 e. The Labute approximate surface area is 127 Å². The van der Waals surface area contributed by atoms with Gasteiger partial charge in [-0.25, -0.2) is 8.78 Å². The Balaban J connectivity index is 2.36. The van der Waals surface area contributed by atoms with Crippen LogP contribution in [0.3, 0.4) is 0 Å². The van der Waals surface area contributed by atoms with Crippen molar-refractivity contribution >= 4 is 5.69 Å². The fraction of sp³-hybridized carbons (Fsp3) is 0.667. The van der Waals surface area contributed by atoms with E-state index in [9.17, 15) is 8.78 Å². The molecule has 3 heteroatoms. The van der Waals surface area contributed by atoms with Gasteiger partial charge in [0.25, 0.3) is 5.92 Å². The van der Waals surface area contributed by atoms with Crippen LogP contribution in [0.5, 0.6) is 0 Å². The highest BCUT2D eigenvalue weighted by Crippen LogP contribution is 2.36. The molecule has 2 rings (SSSR count). The van der Waals surface area contributed by atoms with Crippen LogP contribution in [0.2, 0.25) is 0 Å². The van der Waals surface area contributed by atoms with Gasteiger partial charge in [0.1, 0.15) is 0 Å². The predicted octanol–water partition coefficient (Wildman–Crippen LogP) is 5.34. The van der Waals surface area contributed by atoms with Gasteiger partial charge in [-0.3, -0.25) is 0 Å². The van der Waals surface area contributed by atoms with Gasteiger partial charge in [0.05, 0.1) is 0 Å². The van der Waals surface area contributed by atoms with Gasteiger partial charge < -0.3 is 4.90 Å². The van der Waals surface area contributed by atoms with E-state index < -0.39 is 5.92 Å². The van der Waals surface area contributed by atoms with Crippen LogP contribution in [0.4, 0.5) is 14.5 Å². The van der Waals surface area contributed by atoms with Crippen LogP contribution in [0.1, 0.15) is 64.5 Å². The highest BCUT2D eigenvalue weighted by molar-refractivity contribution is 5.58. The van der Waals surface area contributed by atoms with Crippen LogP contribution in [-0.2, 0) is 5.41 Å². The Morgan fingerprint density at radius 2 is 1.67 bits per heavy atom. The SMILES string of the molecule is CC(C)c1ccc(C(C)(C)C)cc1N1CCC(F)(F)CC1. The molecule has 1 fully saturated rings. The molecule has 0 spiro atoms. The summed E-state index contributed by atoms with van der Waals surface area (Å²) in [5, 5.41) is 0. The molecule has 118 valence electrons. The predicted molar refractivity (Wildman–Crippen MR) is 85.6 cm³/mol. The normalized spacial score (nSPS) is 19.1. The third-order valence-electron chi connectivity index (χ3n) is 4.35. The van der Waals surface area contributed by atoms with Crippen molar-refractivity contribution in [1.29, 1.82) is 0 Å². The number of halogens is 2. The fourth-order valence-electron chi connectivity index (χ4n) is 2.85. The summed E-state index contributed by atoms with van der Waals surface area (Å²) < 4.78 is 26.8. The van der Waals surface area contributed by atoms with E-state index >= 15 is 0 Å².